The molecule has 2 aromatic rings. The van der Waals surface area contributed by atoms with Crippen LogP contribution in [0, 0.1) is 0 Å². The molecule has 134 valence electrons. The third kappa shape index (κ3) is 4.49. The molecule has 0 amide bonds. The molecule has 4 heteroatoms. The minimum absolute atomic E-state index is 0.105. The zero-order valence-electron chi connectivity index (χ0n) is 14.8. The first-order chi connectivity index (χ1) is 12.0. The minimum atomic E-state index is 0.105. The molecule has 0 heterocycles. The largest absolute Gasteiger partial charge is 0.490 e. The van der Waals surface area contributed by atoms with Crippen molar-refractivity contribution in [1.82, 2.24) is 4.90 Å². The molecule has 0 saturated heterocycles. The Hall–Kier alpha value is -1.22. The van der Waals surface area contributed by atoms with Crippen molar-refractivity contribution in [3.05, 3.63) is 64.1 Å². The van der Waals surface area contributed by atoms with Crippen LogP contribution in [-0.2, 0) is 5.41 Å². The number of ether oxygens (including phenoxy) is 1. The summed E-state index contributed by atoms with van der Waals surface area (Å²) in [5, 5.41) is 1.26. The van der Waals surface area contributed by atoms with Gasteiger partial charge in [-0.15, -0.1) is 0 Å². The molecular weight excluding hydrogens is 353 g/mol. The minimum Gasteiger partial charge on any atom is -0.490 e. The lowest BCUT2D eigenvalue weighted by atomic mass is 9.68. The predicted molar refractivity (Wildman–Crippen MR) is 106 cm³/mol. The molecule has 0 aliphatic heterocycles. The highest BCUT2D eigenvalue weighted by Crippen LogP contribution is 2.42. The molecule has 1 aliphatic carbocycles. The Balaban J connectivity index is 1.76. The summed E-state index contributed by atoms with van der Waals surface area (Å²) in [7, 11) is 4.26. The standard InChI is InChI=1S/C21H25Cl2NO/c1-24(2)15-21(16-8-9-19(22)20(23)14-16)12-10-18(11-13-21)25-17-6-4-3-5-7-17/h3-9,14,18H,10-13,15H2,1-2H3. The summed E-state index contributed by atoms with van der Waals surface area (Å²) in [6.07, 6.45) is 4.54. The molecule has 1 aliphatic rings. The fraction of sp³-hybridized carbons (Fsp3) is 0.429. The summed E-state index contributed by atoms with van der Waals surface area (Å²) in [6, 6.07) is 16.2. The molecule has 0 aromatic heterocycles. The van der Waals surface area contributed by atoms with Gasteiger partial charge < -0.3 is 9.64 Å². The Labute approximate surface area is 160 Å². The molecule has 1 fully saturated rings. The molecule has 25 heavy (non-hydrogen) atoms. The Morgan fingerprint density at radius 1 is 1.00 bits per heavy atom. The molecule has 2 aromatic carbocycles. The lowest BCUT2D eigenvalue weighted by Gasteiger charge is -2.42. The van der Waals surface area contributed by atoms with Gasteiger partial charge in [0, 0.05) is 12.0 Å². The third-order valence-electron chi connectivity index (χ3n) is 5.09. The Kier molecular flexibility index (Phi) is 5.93. The second-order valence-corrected chi connectivity index (χ2v) is 8.09. The normalized spacial score (nSPS) is 23.6. The van der Waals surface area contributed by atoms with Crippen LogP contribution in [0.4, 0.5) is 0 Å². The van der Waals surface area contributed by atoms with Gasteiger partial charge in [-0.3, -0.25) is 0 Å². The highest BCUT2D eigenvalue weighted by molar-refractivity contribution is 6.42. The van der Waals surface area contributed by atoms with Gasteiger partial charge in [-0.05, 0) is 69.6 Å². The van der Waals surface area contributed by atoms with E-state index in [4.69, 9.17) is 27.9 Å². The van der Waals surface area contributed by atoms with E-state index in [2.05, 4.69) is 25.1 Å². The van der Waals surface area contributed by atoms with Gasteiger partial charge in [-0.1, -0.05) is 47.5 Å². The Morgan fingerprint density at radius 3 is 2.28 bits per heavy atom. The number of hydrogen-bond donors (Lipinski definition) is 0. The second-order valence-electron chi connectivity index (χ2n) is 7.28. The van der Waals surface area contributed by atoms with E-state index >= 15 is 0 Å². The fourth-order valence-corrected chi connectivity index (χ4v) is 4.22. The van der Waals surface area contributed by atoms with Gasteiger partial charge in [-0.25, -0.2) is 0 Å². The first kappa shape index (κ1) is 18.6. The molecular formula is C21H25Cl2NO. The van der Waals surface area contributed by atoms with Gasteiger partial charge in [0.15, 0.2) is 0 Å². The number of benzene rings is 2. The number of para-hydroxylation sites is 1. The van der Waals surface area contributed by atoms with Crippen LogP contribution in [0.2, 0.25) is 10.0 Å². The number of halogens is 2. The van der Waals surface area contributed by atoms with E-state index in [-0.39, 0.29) is 11.5 Å². The van der Waals surface area contributed by atoms with Crippen molar-refractivity contribution >= 4 is 23.2 Å². The SMILES string of the molecule is CN(C)CC1(c2ccc(Cl)c(Cl)c2)CCC(Oc2ccccc2)CC1. The van der Waals surface area contributed by atoms with Gasteiger partial charge in [0.2, 0.25) is 0 Å². The van der Waals surface area contributed by atoms with Gasteiger partial charge >= 0.3 is 0 Å². The lowest BCUT2D eigenvalue weighted by Crippen LogP contribution is -2.43. The van der Waals surface area contributed by atoms with E-state index in [9.17, 15) is 0 Å². The van der Waals surface area contributed by atoms with Crippen LogP contribution in [0.15, 0.2) is 48.5 Å². The van der Waals surface area contributed by atoms with E-state index in [0.717, 1.165) is 38.0 Å². The average Bonchev–Trinajstić information content (AvgIpc) is 2.59. The van der Waals surface area contributed by atoms with Crippen LogP contribution in [0.5, 0.6) is 5.75 Å². The van der Waals surface area contributed by atoms with Crippen LogP contribution >= 0.6 is 23.2 Å². The highest BCUT2D eigenvalue weighted by atomic mass is 35.5. The van der Waals surface area contributed by atoms with E-state index in [1.807, 2.05) is 42.5 Å². The van der Waals surface area contributed by atoms with Crippen LogP contribution in [0.1, 0.15) is 31.2 Å². The van der Waals surface area contributed by atoms with E-state index in [1.54, 1.807) is 0 Å². The molecule has 0 atom stereocenters. The van der Waals surface area contributed by atoms with E-state index in [0.29, 0.717) is 10.0 Å². The molecule has 0 radical (unpaired) electrons. The topological polar surface area (TPSA) is 12.5 Å². The van der Waals surface area contributed by atoms with Crippen molar-refractivity contribution in [3.8, 4) is 5.75 Å². The van der Waals surface area contributed by atoms with Crippen molar-refractivity contribution in [2.24, 2.45) is 0 Å². The summed E-state index contributed by atoms with van der Waals surface area (Å²) in [5.74, 6) is 0.960. The monoisotopic (exact) mass is 377 g/mol. The molecule has 0 unspecified atom stereocenters. The lowest BCUT2D eigenvalue weighted by molar-refractivity contribution is 0.102. The first-order valence-electron chi connectivity index (χ1n) is 8.80. The van der Waals surface area contributed by atoms with Crippen LogP contribution in [0.25, 0.3) is 0 Å². The summed E-state index contributed by atoms with van der Waals surface area (Å²) in [6.45, 7) is 1.00. The third-order valence-corrected chi connectivity index (χ3v) is 5.83. The summed E-state index contributed by atoms with van der Waals surface area (Å²) in [4.78, 5) is 2.26. The summed E-state index contributed by atoms with van der Waals surface area (Å²) in [5.41, 5.74) is 1.39. The van der Waals surface area contributed by atoms with Crippen LogP contribution in [-0.4, -0.2) is 31.6 Å². The molecule has 1 saturated carbocycles. The molecule has 0 spiro atoms. The van der Waals surface area contributed by atoms with Crippen molar-refractivity contribution in [3.63, 3.8) is 0 Å². The fourth-order valence-electron chi connectivity index (χ4n) is 3.92. The maximum absolute atomic E-state index is 6.30. The maximum atomic E-state index is 6.30. The predicted octanol–water partition coefficient (Wildman–Crippen LogP) is 5.81. The Bertz CT molecular complexity index is 694. The quantitative estimate of drug-likeness (QED) is 0.651. The molecule has 3 rings (SSSR count). The van der Waals surface area contributed by atoms with E-state index < -0.39 is 0 Å². The summed E-state index contributed by atoms with van der Waals surface area (Å²) < 4.78 is 6.17. The number of likely N-dealkylation sites (N-methyl/N-ethyl adjacent to an activating group) is 1. The highest BCUT2D eigenvalue weighted by Gasteiger charge is 2.38. The van der Waals surface area contributed by atoms with Gasteiger partial charge in [-0.2, -0.15) is 0 Å². The summed E-state index contributed by atoms with van der Waals surface area (Å²) >= 11 is 12.4. The number of hydrogen-bond acceptors (Lipinski definition) is 2. The molecule has 2 nitrogen and oxygen atoms in total. The first-order valence-corrected chi connectivity index (χ1v) is 9.56. The van der Waals surface area contributed by atoms with Gasteiger partial charge in [0.1, 0.15) is 5.75 Å². The smallest absolute Gasteiger partial charge is 0.119 e. The van der Waals surface area contributed by atoms with Crippen LogP contribution < -0.4 is 4.74 Å². The zero-order valence-corrected chi connectivity index (χ0v) is 16.4. The van der Waals surface area contributed by atoms with Gasteiger partial charge in [0.25, 0.3) is 0 Å². The number of nitrogens with zero attached hydrogens (tertiary/aromatic N) is 1. The van der Waals surface area contributed by atoms with Gasteiger partial charge in [0.05, 0.1) is 16.1 Å². The molecule has 0 N–H and O–H groups in total. The maximum Gasteiger partial charge on any atom is 0.119 e. The Morgan fingerprint density at radius 2 is 1.68 bits per heavy atom. The van der Waals surface area contributed by atoms with Crippen molar-refractivity contribution < 1.29 is 4.74 Å². The average molecular weight is 378 g/mol. The second kappa shape index (κ2) is 7.99. The van der Waals surface area contributed by atoms with Crippen molar-refractivity contribution in [2.45, 2.75) is 37.2 Å². The number of rotatable bonds is 5. The van der Waals surface area contributed by atoms with Crippen molar-refractivity contribution in [1.29, 1.82) is 0 Å². The molecule has 0 bridgehead atoms. The van der Waals surface area contributed by atoms with E-state index in [1.165, 1.54) is 5.56 Å². The zero-order chi connectivity index (χ0) is 17.9. The van der Waals surface area contributed by atoms with Crippen LogP contribution in [0.3, 0.4) is 0 Å². The van der Waals surface area contributed by atoms with Crippen molar-refractivity contribution in [2.75, 3.05) is 20.6 Å².